The van der Waals surface area contributed by atoms with Crippen molar-refractivity contribution in [3.8, 4) is 0 Å². The van der Waals surface area contributed by atoms with Crippen LogP contribution in [0, 0.1) is 17.8 Å². The molecule has 0 aromatic rings. The van der Waals surface area contributed by atoms with Crippen molar-refractivity contribution in [1.29, 1.82) is 0 Å². The second kappa shape index (κ2) is 12.5. The van der Waals surface area contributed by atoms with Crippen LogP contribution in [-0.4, -0.2) is 28.1 Å². The normalized spacial score (nSPS) is 26.0. The van der Waals surface area contributed by atoms with E-state index in [4.69, 9.17) is 5.11 Å². The van der Waals surface area contributed by atoms with E-state index in [-0.39, 0.29) is 12.5 Å². The van der Waals surface area contributed by atoms with Crippen LogP contribution in [0.15, 0.2) is 0 Å². The number of ketones is 1. The maximum atomic E-state index is 12.0. The molecule has 4 atom stereocenters. The Kier molecular flexibility index (Phi) is 11.0. The molecule has 0 aromatic carbocycles. The summed E-state index contributed by atoms with van der Waals surface area (Å²) in [4.78, 5) is 22.6. The van der Waals surface area contributed by atoms with Crippen LogP contribution in [0.4, 0.5) is 0 Å². The van der Waals surface area contributed by atoms with E-state index in [0.717, 1.165) is 64.2 Å². The first kappa shape index (κ1) is 22.1. The molecule has 0 aromatic heterocycles. The van der Waals surface area contributed by atoms with Crippen LogP contribution in [0.5, 0.6) is 0 Å². The lowest BCUT2D eigenvalue weighted by atomic mass is 9.82. The third-order valence-electron chi connectivity index (χ3n) is 5.88. The van der Waals surface area contributed by atoms with Gasteiger partial charge in [-0.2, -0.15) is 0 Å². The molecule has 0 heterocycles. The second-order valence-electron chi connectivity index (χ2n) is 7.99. The smallest absolute Gasteiger partial charge is 0.303 e. The first-order valence-corrected chi connectivity index (χ1v) is 10.4. The number of aliphatic hydroxyl groups excluding tert-OH is 1. The number of unbranched alkanes of at least 4 members (excludes halogenated alkanes) is 5. The number of rotatable bonds is 14. The summed E-state index contributed by atoms with van der Waals surface area (Å²) in [7, 11) is 0. The van der Waals surface area contributed by atoms with Gasteiger partial charge >= 0.3 is 5.97 Å². The largest absolute Gasteiger partial charge is 0.481 e. The quantitative estimate of drug-likeness (QED) is 0.432. The Hall–Kier alpha value is -0.900. The van der Waals surface area contributed by atoms with E-state index in [1.165, 1.54) is 0 Å². The van der Waals surface area contributed by atoms with Gasteiger partial charge in [-0.25, -0.2) is 0 Å². The molecule has 0 spiro atoms. The Balaban J connectivity index is 2.30. The standard InChI is InChI=1S/C21H38O4/c1-3-4-7-10-17(22)13-14-18-16(2)15-20(23)19(18)11-8-5-6-9-12-21(24)25/h16,18-20,23H,3-15H2,1-2H3,(H,24,25)/t16-,18+,19-,20-/m0/s1. The van der Waals surface area contributed by atoms with Crippen molar-refractivity contribution >= 4 is 11.8 Å². The van der Waals surface area contributed by atoms with Crippen LogP contribution in [0.25, 0.3) is 0 Å². The zero-order chi connectivity index (χ0) is 18.7. The summed E-state index contributed by atoms with van der Waals surface area (Å²) in [6, 6.07) is 0. The van der Waals surface area contributed by atoms with Crippen molar-refractivity contribution in [2.24, 2.45) is 17.8 Å². The Morgan fingerprint density at radius 3 is 2.24 bits per heavy atom. The molecule has 0 aliphatic heterocycles. The Bertz CT molecular complexity index is 393. The summed E-state index contributed by atoms with van der Waals surface area (Å²) in [5.41, 5.74) is 0. The third-order valence-corrected chi connectivity index (χ3v) is 5.88. The number of aliphatic carboxylic acids is 1. The lowest BCUT2D eigenvalue weighted by molar-refractivity contribution is -0.137. The predicted molar refractivity (Wildman–Crippen MR) is 100 cm³/mol. The molecule has 0 bridgehead atoms. The highest BCUT2D eigenvalue weighted by Gasteiger charge is 2.39. The summed E-state index contributed by atoms with van der Waals surface area (Å²) in [5.74, 6) is 0.940. The van der Waals surface area contributed by atoms with Gasteiger partial charge in [-0.1, -0.05) is 46.0 Å². The number of aliphatic hydroxyl groups is 1. The number of carbonyl (C=O) groups is 2. The second-order valence-corrected chi connectivity index (χ2v) is 7.99. The van der Waals surface area contributed by atoms with E-state index in [9.17, 15) is 14.7 Å². The lowest BCUT2D eigenvalue weighted by Crippen LogP contribution is -2.21. The molecule has 1 saturated carbocycles. The van der Waals surface area contributed by atoms with Gasteiger partial charge in [-0.15, -0.1) is 0 Å². The molecule has 0 unspecified atom stereocenters. The van der Waals surface area contributed by atoms with Crippen LogP contribution in [0.2, 0.25) is 0 Å². The summed E-state index contributed by atoms with van der Waals surface area (Å²) in [5, 5.41) is 19.0. The number of carbonyl (C=O) groups excluding carboxylic acids is 1. The fourth-order valence-electron chi connectivity index (χ4n) is 4.38. The van der Waals surface area contributed by atoms with Gasteiger partial charge in [0.1, 0.15) is 5.78 Å². The summed E-state index contributed by atoms with van der Waals surface area (Å²) in [6.07, 6.45) is 11.3. The summed E-state index contributed by atoms with van der Waals surface area (Å²) >= 11 is 0. The molecule has 146 valence electrons. The molecule has 1 fully saturated rings. The maximum Gasteiger partial charge on any atom is 0.303 e. The number of carboxylic acids is 1. The highest BCUT2D eigenvalue weighted by molar-refractivity contribution is 5.78. The molecular formula is C21H38O4. The fraction of sp³-hybridized carbons (Fsp3) is 0.905. The monoisotopic (exact) mass is 354 g/mol. The third kappa shape index (κ3) is 8.84. The van der Waals surface area contributed by atoms with Crippen molar-refractivity contribution in [2.45, 2.75) is 103 Å². The van der Waals surface area contributed by atoms with Gasteiger partial charge in [0.2, 0.25) is 0 Å². The van der Waals surface area contributed by atoms with E-state index in [1.807, 2.05) is 0 Å². The predicted octanol–water partition coefficient (Wildman–Crippen LogP) is 4.97. The average Bonchev–Trinajstić information content (AvgIpc) is 2.82. The zero-order valence-electron chi connectivity index (χ0n) is 16.2. The van der Waals surface area contributed by atoms with Crippen molar-refractivity contribution in [3.05, 3.63) is 0 Å². The van der Waals surface area contributed by atoms with Gasteiger partial charge in [0, 0.05) is 19.3 Å². The Morgan fingerprint density at radius 1 is 0.880 bits per heavy atom. The molecular weight excluding hydrogens is 316 g/mol. The zero-order valence-corrected chi connectivity index (χ0v) is 16.2. The molecule has 25 heavy (non-hydrogen) atoms. The number of hydrogen-bond acceptors (Lipinski definition) is 3. The number of hydrogen-bond donors (Lipinski definition) is 2. The van der Waals surface area contributed by atoms with E-state index in [0.29, 0.717) is 36.4 Å². The minimum atomic E-state index is -0.719. The van der Waals surface area contributed by atoms with Crippen LogP contribution >= 0.6 is 0 Å². The SMILES string of the molecule is CCCCCC(=O)CC[C@H]1[C@H](CCCCCCC(=O)O)[C@@H](O)C[C@@H]1C. The minimum Gasteiger partial charge on any atom is -0.481 e. The molecule has 0 amide bonds. The fourth-order valence-corrected chi connectivity index (χ4v) is 4.38. The Labute approximate surface area is 153 Å². The van der Waals surface area contributed by atoms with E-state index >= 15 is 0 Å². The maximum absolute atomic E-state index is 12.0. The molecule has 2 N–H and O–H groups in total. The van der Waals surface area contributed by atoms with Crippen LogP contribution in [0.3, 0.4) is 0 Å². The summed E-state index contributed by atoms with van der Waals surface area (Å²) in [6.45, 7) is 4.36. The first-order chi connectivity index (χ1) is 12.0. The van der Waals surface area contributed by atoms with Crippen LogP contribution < -0.4 is 0 Å². The average molecular weight is 355 g/mol. The minimum absolute atomic E-state index is 0.228. The van der Waals surface area contributed by atoms with Crippen molar-refractivity contribution < 1.29 is 19.8 Å². The molecule has 1 rings (SSSR count). The van der Waals surface area contributed by atoms with Crippen LogP contribution in [-0.2, 0) is 9.59 Å². The molecule has 4 nitrogen and oxygen atoms in total. The molecule has 0 radical (unpaired) electrons. The molecule has 1 aliphatic carbocycles. The van der Waals surface area contributed by atoms with E-state index in [1.54, 1.807) is 0 Å². The van der Waals surface area contributed by atoms with Gasteiger partial charge in [0.25, 0.3) is 0 Å². The molecule has 0 saturated heterocycles. The topological polar surface area (TPSA) is 74.6 Å². The van der Waals surface area contributed by atoms with Crippen molar-refractivity contribution in [2.75, 3.05) is 0 Å². The van der Waals surface area contributed by atoms with Gasteiger partial charge in [-0.05, 0) is 49.9 Å². The van der Waals surface area contributed by atoms with E-state index in [2.05, 4.69) is 13.8 Å². The molecule has 1 aliphatic rings. The van der Waals surface area contributed by atoms with Crippen LogP contribution in [0.1, 0.15) is 97.3 Å². The highest BCUT2D eigenvalue weighted by atomic mass is 16.4. The first-order valence-electron chi connectivity index (χ1n) is 10.4. The van der Waals surface area contributed by atoms with Crippen molar-refractivity contribution in [3.63, 3.8) is 0 Å². The van der Waals surface area contributed by atoms with Gasteiger partial charge in [0.05, 0.1) is 6.10 Å². The lowest BCUT2D eigenvalue weighted by Gasteiger charge is -2.24. The molecule has 4 heteroatoms. The van der Waals surface area contributed by atoms with Gasteiger partial charge in [-0.3, -0.25) is 9.59 Å². The van der Waals surface area contributed by atoms with Gasteiger partial charge < -0.3 is 10.2 Å². The Morgan fingerprint density at radius 2 is 1.56 bits per heavy atom. The van der Waals surface area contributed by atoms with Crippen molar-refractivity contribution in [1.82, 2.24) is 0 Å². The van der Waals surface area contributed by atoms with Gasteiger partial charge in [0.15, 0.2) is 0 Å². The number of Topliss-reactive ketones (excluding diaryl/α,β-unsaturated/α-hetero) is 1. The van der Waals surface area contributed by atoms with E-state index < -0.39 is 5.97 Å². The highest BCUT2D eigenvalue weighted by Crippen LogP contribution is 2.42. The summed E-state index contributed by atoms with van der Waals surface area (Å²) < 4.78 is 0. The number of carboxylic acid groups (broad SMARTS) is 1.